The summed E-state index contributed by atoms with van der Waals surface area (Å²) in [6, 6.07) is 0. The molecule has 0 saturated heterocycles. The van der Waals surface area contributed by atoms with Gasteiger partial charge in [-0.1, -0.05) is 20.8 Å². The van der Waals surface area contributed by atoms with Gasteiger partial charge in [-0.25, -0.2) is 0 Å². The molecule has 0 heterocycles. The van der Waals surface area contributed by atoms with Crippen LogP contribution in [0.3, 0.4) is 0 Å². The van der Waals surface area contributed by atoms with Crippen LogP contribution in [0.1, 0.15) is 40.0 Å². The van der Waals surface area contributed by atoms with Crippen LogP contribution in [0.5, 0.6) is 0 Å². The van der Waals surface area contributed by atoms with Crippen molar-refractivity contribution in [2.24, 2.45) is 17.8 Å². The first kappa shape index (κ1) is 25.5. The molecule has 0 fully saturated rings. The lowest BCUT2D eigenvalue weighted by Crippen LogP contribution is -2.59. The SMILES string of the molecule is CCC(COC)C([SiH3])N(C([SiH3])C(CC)COC)C([SiH3])C(CC)COC. The maximum absolute atomic E-state index is 5.56. The number of methoxy groups -OCH3 is 3. The van der Waals surface area contributed by atoms with Gasteiger partial charge < -0.3 is 19.1 Å². The van der Waals surface area contributed by atoms with E-state index in [9.17, 15) is 0 Å². The second-order valence-corrected chi connectivity index (χ2v) is 11.1. The van der Waals surface area contributed by atoms with Crippen molar-refractivity contribution in [1.29, 1.82) is 0 Å². The second kappa shape index (κ2) is 14.5. The standard InChI is InChI=1S/C18H45NO3Si3/c1-7-13(10-20-4)16(23)19(17(24)14(8-2)11-21-5)18(25)15(9-3)12-22-6/h13-18H,7-12H2,1-6,23-25H3. The molecule has 0 aliphatic rings. The molecule has 7 heteroatoms. The Kier molecular flexibility index (Phi) is 14.8. The fourth-order valence-electron chi connectivity index (χ4n) is 4.28. The fraction of sp³-hybridized carbons (Fsp3) is 1.00. The summed E-state index contributed by atoms with van der Waals surface area (Å²) in [4.78, 5) is 2.91. The van der Waals surface area contributed by atoms with Crippen molar-refractivity contribution in [3.63, 3.8) is 0 Å². The summed E-state index contributed by atoms with van der Waals surface area (Å²) < 4.78 is 16.7. The summed E-state index contributed by atoms with van der Waals surface area (Å²) in [5.41, 5.74) is 2.02. The van der Waals surface area contributed by atoms with Crippen LogP contribution in [0.2, 0.25) is 0 Å². The average molecular weight is 408 g/mol. The number of ether oxygens (including phenoxy) is 3. The molecule has 25 heavy (non-hydrogen) atoms. The molecule has 0 bridgehead atoms. The van der Waals surface area contributed by atoms with Crippen LogP contribution in [-0.2, 0) is 14.2 Å². The van der Waals surface area contributed by atoms with Gasteiger partial charge in [0.1, 0.15) is 0 Å². The summed E-state index contributed by atoms with van der Waals surface area (Å²) >= 11 is 0. The first-order valence-electron chi connectivity index (χ1n) is 10.2. The molecule has 0 aromatic carbocycles. The number of rotatable bonds is 15. The predicted molar refractivity (Wildman–Crippen MR) is 120 cm³/mol. The van der Waals surface area contributed by atoms with Gasteiger partial charge in [0.25, 0.3) is 0 Å². The average Bonchev–Trinajstić information content (AvgIpc) is 2.61. The third kappa shape index (κ3) is 7.94. The van der Waals surface area contributed by atoms with Gasteiger partial charge in [-0.3, -0.25) is 0 Å². The Morgan fingerprint density at radius 1 is 0.600 bits per heavy atom. The zero-order chi connectivity index (χ0) is 19.4. The molecule has 0 aliphatic heterocycles. The Labute approximate surface area is 166 Å². The molecular formula is C18H45NO3Si3. The van der Waals surface area contributed by atoms with Crippen molar-refractivity contribution in [2.45, 2.75) is 57.0 Å². The molecule has 0 aromatic rings. The zero-order valence-corrected chi connectivity index (χ0v) is 24.4. The number of hydrogen-bond donors (Lipinski definition) is 0. The van der Waals surface area contributed by atoms with Crippen LogP contribution in [-0.4, -0.2) is 93.8 Å². The molecule has 0 spiro atoms. The second-order valence-electron chi connectivity index (χ2n) is 7.54. The molecule has 152 valence electrons. The highest BCUT2D eigenvalue weighted by atomic mass is 28.2. The fourth-order valence-corrected chi connectivity index (χ4v) is 10.9. The molecule has 0 aromatic heterocycles. The van der Waals surface area contributed by atoms with Gasteiger partial charge in [0.15, 0.2) is 0 Å². The van der Waals surface area contributed by atoms with E-state index in [4.69, 9.17) is 14.2 Å². The molecule has 0 aliphatic carbocycles. The Hall–Kier alpha value is 0.491. The predicted octanol–water partition coefficient (Wildman–Crippen LogP) is -0.619. The van der Waals surface area contributed by atoms with Crippen LogP contribution < -0.4 is 0 Å². The largest absolute Gasteiger partial charge is 0.384 e. The van der Waals surface area contributed by atoms with Crippen LogP contribution in [0.15, 0.2) is 0 Å². The maximum Gasteiger partial charge on any atom is 0.0502 e. The van der Waals surface area contributed by atoms with Crippen molar-refractivity contribution in [3.8, 4) is 0 Å². The van der Waals surface area contributed by atoms with Gasteiger partial charge in [-0.05, 0) is 54.0 Å². The minimum absolute atomic E-state index is 0.643. The van der Waals surface area contributed by atoms with Gasteiger partial charge in [0.05, 0.1) is 19.8 Å². The summed E-state index contributed by atoms with van der Waals surface area (Å²) in [6.07, 6.45) is 3.59. The minimum Gasteiger partial charge on any atom is -0.384 e. The molecule has 4 nitrogen and oxygen atoms in total. The first-order valence-corrected chi connectivity index (χ1v) is 13.6. The van der Waals surface area contributed by atoms with E-state index in [-0.39, 0.29) is 0 Å². The lowest BCUT2D eigenvalue weighted by molar-refractivity contribution is 0.0277. The van der Waals surface area contributed by atoms with Crippen LogP contribution in [0.4, 0.5) is 0 Å². The van der Waals surface area contributed by atoms with Crippen molar-refractivity contribution >= 4 is 30.7 Å². The monoisotopic (exact) mass is 407 g/mol. The summed E-state index contributed by atoms with van der Waals surface area (Å²) in [7, 11) is 9.10. The topological polar surface area (TPSA) is 30.9 Å². The Bertz CT molecular complexity index is 278. The van der Waals surface area contributed by atoms with E-state index >= 15 is 0 Å². The first-order chi connectivity index (χ1) is 11.9. The number of nitrogens with zero attached hydrogens (tertiary/aromatic N) is 1. The van der Waals surface area contributed by atoms with E-state index in [0.717, 1.165) is 19.8 Å². The molecule has 6 unspecified atom stereocenters. The van der Waals surface area contributed by atoms with Gasteiger partial charge in [0, 0.05) is 52.1 Å². The van der Waals surface area contributed by atoms with Crippen LogP contribution in [0.25, 0.3) is 0 Å². The normalized spacial score (nSPS) is 19.8. The van der Waals surface area contributed by atoms with E-state index in [1.54, 1.807) is 0 Å². The van der Waals surface area contributed by atoms with Crippen LogP contribution in [0, 0.1) is 17.8 Å². The lowest BCUT2D eigenvalue weighted by Gasteiger charge is -2.47. The molecule has 0 radical (unpaired) electrons. The van der Waals surface area contributed by atoms with E-state index in [2.05, 4.69) is 25.7 Å². The molecule has 0 rings (SSSR count). The van der Waals surface area contributed by atoms with Crippen molar-refractivity contribution in [2.75, 3.05) is 41.2 Å². The molecule has 0 N–H and O–H groups in total. The molecule has 6 atom stereocenters. The molecule has 0 amide bonds. The van der Waals surface area contributed by atoms with Gasteiger partial charge in [-0.15, -0.1) is 0 Å². The van der Waals surface area contributed by atoms with Crippen molar-refractivity contribution < 1.29 is 14.2 Å². The van der Waals surface area contributed by atoms with Crippen LogP contribution >= 0.6 is 0 Å². The Morgan fingerprint density at radius 2 is 0.840 bits per heavy atom. The highest BCUT2D eigenvalue weighted by Crippen LogP contribution is 2.26. The quantitative estimate of drug-likeness (QED) is 0.339. The maximum atomic E-state index is 5.56. The lowest BCUT2D eigenvalue weighted by atomic mass is 9.99. The van der Waals surface area contributed by atoms with Crippen molar-refractivity contribution in [3.05, 3.63) is 0 Å². The molecule has 0 saturated carbocycles. The van der Waals surface area contributed by atoms with E-state index < -0.39 is 0 Å². The Morgan fingerprint density at radius 3 is 1.00 bits per heavy atom. The summed E-state index contributed by atoms with van der Waals surface area (Å²) in [6.45, 7) is 9.59. The number of hydrogen-bond acceptors (Lipinski definition) is 4. The zero-order valence-electron chi connectivity index (χ0n) is 18.4. The third-order valence-electron chi connectivity index (χ3n) is 6.17. The smallest absolute Gasteiger partial charge is 0.0502 e. The highest BCUT2D eigenvalue weighted by Gasteiger charge is 2.35. The van der Waals surface area contributed by atoms with Gasteiger partial charge in [0.2, 0.25) is 0 Å². The third-order valence-corrected chi connectivity index (χ3v) is 10.8. The summed E-state index contributed by atoms with van der Waals surface area (Å²) in [5, 5.41) is 0. The van der Waals surface area contributed by atoms with E-state index in [1.807, 2.05) is 21.3 Å². The van der Waals surface area contributed by atoms with E-state index in [1.165, 1.54) is 50.0 Å². The molecular weight excluding hydrogens is 362 g/mol. The van der Waals surface area contributed by atoms with Gasteiger partial charge in [-0.2, -0.15) is 0 Å². The van der Waals surface area contributed by atoms with E-state index in [0.29, 0.717) is 34.7 Å². The summed E-state index contributed by atoms with van der Waals surface area (Å²) in [5.74, 6) is 1.93. The van der Waals surface area contributed by atoms with Gasteiger partial charge >= 0.3 is 0 Å². The minimum atomic E-state index is 0.643. The highest BCUT2D eigenvalue weighted by molar-refractivity contribution is 6.17. The van der Waals surface area contributed by atoms with Crippen molar-refractivity contribution in [1.82, 2.24) is 4.90 Å². The Balaban J connectivity index is 5.60.